The van der Waals surface area contributed by atoms with Crippen molar-refractivity contribution < 1.29 is 21.6 Å². The lowest BCUT2D eigenvalue weighted by Crippen LogP contribution is -2.12. The number of rotatable bonds is 4. The topological polar surface area (TPSA) is 59.1 Å². The van der Waals surface area contributed by atoms with Crippen molar-refractivity contribution in [1.29, 1.82) is 0 Å². The molecule has 3 aromatic rings. The predicted molar refractivity (Wildman–Crippen MR) is 110 cm³/mol. The summed E-state index contributed by atoms with van der Waals surface area (Å²) in [5.74, 6) is 0. The summed E-state index contributed by atoms with van der Waals surface area (Å²) in [6, 6.07) is 6.65. The second-order valence-corrected chi connectivity index (χ2v) is 10.2. The number of aromatic nitrogens is 1. The summed E-state index contributed by atoms with van der Waals surface area (Å²) < 4.78 is 66.8. The molecule has 0 unspecified atom stereocenters. The molecule has 0 saturated carbocycles. The lowest BCUT2D eigenvalue weighted by Gasteiger charge is -2.13. The Hall–Kier alpha value is -1.23. The Kier molecular flexibility index (Phi) is 6.29. The second-order valence-electron chi connectivity index (χ2n) is 5.52. The molecule has 0 atom stereocenters. The lowest BCUT2D eigenvalue weighted by atomic mass is 10.1. The summed E-state index contributed by atoms with van der Waals surface area (Å²) in [6.07, 6.45) is -4.20. The number of thiophene rings is 1. The van der Waals surface area contributed by atoms with E-state index in [2.05, 4.69) is 9.71 Å². The van der Waals surface area contributed by atoms with Gasteiger partial charge < -0.3 is 0 Å². The van der Waals surface area contributed by atoms with Crippen LogP contribution in [-0.2, 0) is 16.2 Å². The third-order valence-electron chi connectivity index (χ3n) is 3.58. The van der Waals surface area contributed by atoms with Crippen molar-refractivity contribution in [1.82, 2.24) is 4.98 Å². The van der Waals surface area contributed by atoms with E-state index in [1.807, 2.05) is 0 Å². The SMILES string of the molecule is O=S(=O)(Nc1cc(Cl)sc1Cl)c1cccc(-c2ncc(C(F)(F)F)c(Cl)c2Cl)c1. The summed E-state index contributed by atoms with van der Waals surface area (Å²) in [5, 5.41) is -1.17. The number of nitrogens with one attached hydrogen (secondary N) is 1. The molecular weight excluding hydrogens is 515 g/mol. The van der Waals surface area contributed by atoms with Gasteiger partial charge in [0.2, 0.25) is 0 Å². The Labute approximate surface area is 187 Å². The Bertz CT molecular complexity index is 1200. The summed E-state index contributed by atoms with van der Waals surface area (Å²) >= 11 is 24.4. The van der Waals surface area contributed by atoms with Gasteiger partial charge in [-0.05, 0) is 18.2 Å². The van der Waals surface area contributed by atoms with Gasteiger partial charge in [0.15, 0.2) is 0 Å². The van der Waals surface area contributed by atoms with Crippen molar-refractivity contribution in [3.05, 3.63) is 60.8 Å². The summed E-state index contributed by atoms with van der Waals surface area (Å²) in [6.45, 7) is 0. The van der Waals surface area contributed by atoms with Gasteiger partial charge in [0.1, 0.15) is 4.34 Å². The summed E-state index contributed by atoms with van der Waals surface area (Å²) in [7, 11) is -4.08. The number of hydrogen-bond donors (Lipinski definition) is 1. The van der Waals surface area contributed by atoms with Crippen LogP contribution in [0.4, 0.5) is 18.9 Å². The zero-order valence-electron chi connectivity index (χ0n) is 13.7. The van der Waals surface area contributed by atoms with E-state index >= 15 is 0 Å². The zero-order valence-corrected chi connectivity index (χ0v) is 18.3. The van der Waals surface area contributed by atoms with Gasteiger partial charge in [-0.15, -0.1) is 11.3 Å². The van der Waals surface area contributed by atoms with Crippen LogP contribution in [0, 0.1) is 0 Å². The minimum Gasteiger partial charge on any atom is -0.277 e. The molecule has 0 bridgehead atoms. The predicted octanol–water partition coefficient (Wildman–Crippen LogP) is 7.24. The number of sulfonamides is 1. The molecular formula is C16H7Cl4F3N2O2S2. The molecule has 0 saturated heterocycles. The highest BCUT2D eigenvalue weighted by Crippen LogP contribution is 2.41. The van der Waals surface area contributed by atoms with Crippen LogP contribution in [0.1, 0.15) is 5.56 Å². The number of alkyl halides is 3. The Balaban J connectivity index is 2.02. The number of nitrogens with zero attached hydrogens (tertiary/aromatic N) is 1. The summed E-state index contributed by atoms with van der Waals surface area (Å²) in [5.41, 5.74) is -1.04. The molecule has 3 rings (SSSR count). The maximum Gasteiger partial charge on any atom is 0.419 e. The van der Waals surface area contributed by atoms with Crippen LogP contribution in [0.15, 0.2) is 41.4 Å². The molecule has 0 aliphatic rings. The molecule has 0 spiro atoms. The molecule has 0 amide bonds. The molecule has 0 radical (unpaired) electrons. The van der Waals surface area contributed by atoms with E-state index in [0.717, 1.165) is 11.3 Å². The first-order chi connectivity index (χ1) is 13.4. The first-order valence-corrected chi connectivity index (χ1v) is 11.2. The maximum atomic E-state index is 12.9. The fourth-order valence-corrected chi connectivity index (χ4v) is 5.40. The van der Waals surface area contributed by atoms with Gasteiger partial charge in [0.25, 0.3) is 10.0 Å². The van der Waals surface area contributed by atoms with Gasteiger partial charge in [-0.3, -0.25) is 9.71 Å². The molecule has 0 fully saturated rings. The van der Waals surface area contributed by atoms with E-state index < -0.39 is 31.8 Å². The third-order valence-corrected chi connectivity index (χ3v) is 7.29. The van der Waals surface area contributed by atoms with Gasteiger partial charge in [0, 0.05) is 11.8 Å². The smallest absolute Gasteiger partial charge is 0.277 e. The van der Waals surface area contributed by atoms with Crippen molar-refractivity contribution in [2.45, 2.75) is 11.1 Å². The highest BCUT2D eigenvalue weighted by Gasteiger charge is 2.35. The molecule has 154 valence electrons. The van der Waals surface area contributed by atoms with E-state index in [1.165, 1.54) is 30.3 Å². The Morgan fingerprint density at radius 2 is 1.72 bits per heavy atom. The van der Waals surface area contributed by atoms with Crippen molar-refractivity contribution in [2.75, 3.05) is 4.72 Å². The van der Waals surface area contributed by atoms with Gasteiger partial charge >= 0.3 is 6.18 Å². The number of hydrogen-bond acceptors (Lipinski definition) is 4. The third kappa shape index (κ3) is 4.76. The van der Waals surface area contributed by atoms with Gasteiger partial charge in [-0.25, -0.2) is 8.42 Å². The van der Waals surface area contributed by atoms with Crippen LogP contribution in [0.5, 0.6) is 0 Å². The van der Waals surface area contributed by atoms with Crippen LogP contribution in [0.25, 0.3) is 11.3 Å². The van der Waals surface area contributed by atoms with Crippen LogP contribution in [-0.4, -0.2) is 13.4 Å². The maximum absolute atomic E-state index is 12.9. The average Bonchev–Trinajstić information content (AvgIpc) is 2.92. The van der Waals surface area contributed by atoms with Crippen molar-refractivity contribution >= 4 is 73.5 Å². The van der Waals surface area contributed by atoms with Crippen molar-refractivity contribution in [3.8, 4) is 11.3 Å². The quantitative estimate of drug-likeness (QED) is 0.393. The number of pyridine rings is 1. The van der Waals surface area contributed by atoms with Crippen molar-refractivity contribution in [3.63, 3.8) is 0 Å². The highest BCUT2D eigenvalue weighted by molar-refractivity contribution is 7.92. The zero-order chi connectivity index (χ0) is 21.6. The number of benzene rings is 1. The van der Waals surface area contributed by atoms with Gasteiger partial charge in [-0.1, -0.05) is 58.5 Å². The van der Waals surface area contributed by atoms with Gasteiger partial charge in [-0.2, -0.15) is 13.2 Å². The summed E-state index contributed by atoms with van der Waals surface area (Å²) in [4.78, 5) is 3.52. The normalized spacial score (nSPS) is 12.2. The van der Waals surface area contributed by atoms with Crippen molar-refractivity contribution in [2.24, 2.45) is 0 Å². The molecule has 4 nitrogen and oxygen atoms in total. The first-order valence-electron chi connectivity index (χ1n) is 7.39. The fraction of sp³-hybridized carbons (Fsp3) is 0.0625. The lowest BCUT2D eigenvalue weighted by molar-refractivity contribution is -0.137. The Morgan fingerprint density at radius 3 is 2.31 bits per heavy atom. The molecule has 13 heteroatoms. The average molecular weight is 522 g/mol. The van der Waals surface area contributed by atoms with E-state index in [9.17, 15) is 21.6 Å². The highest BCUT2D eigenvalue weighted by atomic mass is 35.5. The first kappa shape index (κ1) is 22.5. The van der Waals surface area contributed by atoms with E-state index in [0.29, 0.717) is 6.20 Å². The van der Waals surface area contributed by atoms with E-state index in [-0.39, 0.29) is 30.5 Å². The monoisotopic (exact) mass is 520 g/mol. The Morgan fingerprint density at radius 1 is 1.03 bits per heavy atom. The molecule has 0 aliphatic heterocycles. The standard InChI is InChI=1S/C16H7Cl4F3N2O2S2/c17-11-5-10(15(20)28-11)25-29(26,27)8-3-1-2-7(4-8)14-13(19)12(18)9(6-24-14)16(21,22)23/h1-6,25H. The van der Waals surface area contributed by atoms with Crippen LogP contribution < -0.4 is 4.72 Å². The minimum atomic E-state index is -4.73. The minimum absolute atomic E-state index is 0.0980. The second kappa shape index (κ2) is 8.13. The van der Waals surface area contributed by atoms with Gasteiger partial charge in [0.05, 0.1) is 36.2 Å². The van der Waals surface area contributed by atoms with E-state index in [1.54, 1.807) is 0 Å². The van der Waals surface area contributed by atoms with E-state index in [4.69, 9.17) is 46.4 Å². The molecule has 1 N–H and O–H groups in total. The van der Waals surface area contributed by atoms with Crippen LogP contribution in [0.2, 0.25) is 18.7 Å². The molecule has 2 heterocycles. The van der Waals surface area contributed by atoms with Crippen LogP contribution in [0.3, 0.4) is 0 Å². The largest absolute Gasteiger partial charge is 0.419 e. The molecule has 1 aromatic carbocycles. The molecule has 0 aliphatic carbocycles. The molecule has 2 aromatic heterocycles. The van der Waals surface area contributed by atoms with Crippen LogP contribution >= 0.6 is 57.7 Å². The number of halogens is 7. The number of anilines is 1. The molecule has 29 heavy (non-hydrogen) atoms. The fourth-order valence-electron chi connectivity index (χ4n) is 2.29.